The van der Waals surface area contributed by atoms with Crippen LogP contribution in [-0.2, 0) is 6.42 Å². The lowest BCUT2D eigenvalue weighted by Crippen LogP contribution is -2.17. The van der Waals surface area contributed by atoms with Crippen molar-refractivity contribution in [3.8, 4) is 11.5 Å². The number of aromatic amines is 1. The average Bonchev–Trinajstić information content (AvgIpc) is 2.28. The van der Waals surface area contributed by atoms with Gasteiger partial charge >= 0.3 is 0 Å². The van der Waals surface area contributed by atoms with Crippen LogP contribution in [0, 0.1) is 20.8 Å². The Labute approximate surface area is 106 Å². The highest BCUT2D eigenvalue weighted by Crippen LogP contribution is 2.17. The maximum absolute atomic E-state index is 11.9. The van der Waals surface area contributed by atoms with Crippen molar-refractivity contribution in [1.29, 1.82) is 0 Å². The maximum Gasteiger partial charge on any atom is 0.254 e. The molecule has 0 atom stereocenters. The van der Waals surface area contributed by atoms with E-state index in [2.05, 4.69) is 15.0 Å². The second kappa shape index (κ2) is 4.72. The normalized spacial score (nSPS) is 10.7. The van der Waals surface area contributed by atoms with E-state index in [-0.39, 0.29) is 5.56 Å². The largest absolute Gasteiger partial charge is 0.305 e. The van der Waals surface area contributed by atoms with Crippen LogP contribution in [0.25, 0.3) is 11.5 Å². The van der Waals surface area contributed by atoms with E-state index in [9.17, 15) is 4.79 Å². The van der Waals surface area contributed by atoms with Gasteiger partial charge in [0.2, 0.25) is 0 Å². The van der Waals surface area contributed by atoms with Gasteiger partial charge in [0.15, 0.2) is 5.82 Å². The van der Waals surface area contributed by atoms with Gasteiger partial charge in [0.25, 0.3) is 5.56 Å². The zero-order chi connectivity index (χ0) is 13.3. The van der Waals surface area contributed by atoms with Gasteiger partial charge in [-0.1, -0.05) is 13.0 Å². The Kier molecular flexibility index (Phi) is 3.28. The molecule has 0 amide bonds. The zero-order valence-electron chi connectivity index (χ0n) is 11.2. The summed E-state index contributed by atoms with van der Waals surface area (Å²) in [5.41, 5.74) is 4.30. The van der Waals surface area contributed by atoms with Crippen molar-refractivity contribution in [3.63, 3.8) is 0 Å². The van der Waals surface area contributed by atoms with Gasteiger partial charge < -0.3 is 4.98 Å². The van der Waals surface area contributed by atoms with Crippen LogP contribution in [-0.4, -0.2) is 15.0 Å². The molecule has 94 valence electrons. The summed E-state index contributed by atoms with van der Waals surface area (Å²) >= 11 is 0. The molecule has 0 aliphatic heterocycles. The lowest BCUT2D eigenvalue weighted by Gasteiger charge is -2.07. The van der Waals surface area contributed by atoms with Crippen molar-refractivity contribution in [1.82, 2.24) is 15.0 Å². The number of nitrogens with one attached hydrogen (secondary N) is 1. The molecule has 0 radical (unpaired) electrons. The molecule has 18 heavy (non-hydrogen) atoms. The number of hydrogen-bond acceptors (Lipinski definition) is 3. The van der Waals surface area contributed by atoms with Crippen molar-refractivity contribution in [2.75, 3.05) is 0 Å². The van der Waals surface area contributed by atoms with Crippen LogP contribution in [0.5, 0.6) is 0 Å². The summed E-state index contributed by atoms with van der Waals surface area (Å²) in [5.74, 6) is 0.548. The van der Waals surface area contributed by atoms with Gasteiger partial charge in [-0.15, -0.1) is 0 Å². The topological polar surface area (TPSA) is 58.6 Å². The molecule has 0 aliphatic carbocycles. The molecule has 2 aromatic rings. The van der Waals surface area contributed by atoms with Crippen molar-refractivity contribution < 1.29 is 0 Å². The molecule has 0 aromatic carbocycles. The monoisotopic (exact) mass is 243 g/mol. The van der Waals surface area contributed by atoms with E-state index >= 15 is 0 Å². The molecule has 0 aliphatic rings. The van der Waals surface area contributed by atoms with Crippen molar-refractivity contribution in [3.05, 3.63) is 45.0 Å². The van der Waals surface area contributed by atoms with Crippen LogP contribution < -0.4 is 5.56 Å². The first-order chi connectivity index (χ1) is 8.52. The number of aryl methyl sites for hydroxylation is 3. The van der Waals surface area contributed by atoms with E-state index in [0.29, 0.717) is 12.2 Å². The van der Waals surface area contributed by atoms with Crippen LogP contribution in [0.1, 0.15) is 29.3 Å². The Hall–Kier alpha value is -1.97. The fraction of sp³-hybridized carbons (Fsp3) is 0.357. The third kappa shape index (κ3) is 2.18. The minimum absolute atomic E-state index is 0.0678. The van der Waals surface area contributed by atoms with Crippen molar-refractivity contribution in [2.24, 2.45) is 0 Å². The molecule has 0 bridgehead atoms. The lowest BCUT2D eigenvalue weighted by atomic mass is 10.1. The molecule has 0 saturated carbocycles. The Morgan fingerprint density at radius 1 is 1.28 bits per heavy atom. The smallest absolute Gasteiger partial charge is 0.254 e. The van der Waals surface area contributed by atoms with Crippen molar-refractivity contribution in [2.45, 2.75) is 34.1 Å². The van der Waals surface area contributed by atoms with E-state index < -0.39 is 0 Å². The SMILES string of the molecule is CCc1c(C)nc(-c2ncc(C)cc2C)[nH]c1=O. The van der Waals surface area contributed by atoms with Crippen LogP contribution in [0.15, 0.2) is 17.1 Å². The summed E-state index contributed by atoms with van der Waals surface area (Å²) in [6, 6.07) is 2.03. The van der Waals surface area contributed by atoms with E-state index in [1.807, 2.05) is 33.8 Å². The Balaban J connectivity index is 2.62. The third-order valence-corrected chi connectivity index (χ3v) is 3.02. The maximum atomic E-state index is 11.9. The molecule has 0 fully saturated rings. The highest BCUT2D eigenvalue weighted by molar-refractivity contribution is 5.55. The van der Waals surface area contributed by atoms with Crippen LogP contribution in [0.3, 0.4) is 0 Å². The predicted octanol–water partition coefficient (Wildman–Crippen LogP) is 2.32. The highest BCUT2D eigenvalue weighted by Gasteiger charge is 2.10. The standard InChI is InChI=1S/C14H17N3O/c1-5-11-10(4)16-13(17-14(11)18)12-9(3)6-8(2)7-15-12/h6-7H,5H2,1-4H3,(H,16,17,18). The summed E-state index contributed by atoms with van der Waals surface area (Å²) in [6.07, 6.45) is 2.47. The zero-order valence-corrected chi connectivity index (χ0v) is 11.2. The molecule has 0 spiro atoms. The quantitative estimate of drug-likeness (QED) is 0.880. The summed E-state index contributed by atoms with van der Waals surface area (Å²) < 4.78 is 0. The summed E-state index contributed by atoms with van der Waals surface area (Å²) in [7, 11) is 0. The molecule has 0 saturated heterocycles. The van der Waals surface area contributed by atoms with Gasteiger partial charge in [-0.2, -0.15) is 0 Å². The van der Waals surface area contributed by atoms with Gasteiger partial charge in [-0.25, -0.2) is 4.98 Å². The first-order valence-electron chi connectivity index (χ1n) is 6.06. The second-order valence-corrected chi connectivity index (χ2v) is 4.51. The van der Waals surface area contributed by atoms with Crippen LogP contribution in [0.4, 0.5) is 0 Å². The molecule has 4 heteroatoms. The minimum atomic E-state index is -0.0678. The number of rotatable bonds is 2. The summed E-state index contributed by atoms with van der Waals surface area (Å²) in [5, 5.41) is 0. The van der Waals surface area contributed by atoms with Gasteiger partial charge in [0.05, 0.1) is 0 Å². The average molecular weight is 243 g/mol. The summed E-state index contributed by atoms with van der Waals surface area (Å²) in [6.45, 7) is 7.78. The molecular weight excluding hydrogens is 226 g/mol. The van der Waals surface area contributed by atoms with Crippen molar-refractivity contribution >= 4 is 0 Å². The van der Waals surface area contributed by atoms with E-state index in [1.54, 1.807) is 6.20 Å². The van der Waals surface area contributed by atoms with Crippen LogP contribution >= 0.6 is 0 Å². The third-order valence-electron chi connectivity index (χ3n) is 3.02. The molecule has 1 N–H and O–H groups in total. The highest BCUT2D eigenvalue weighted by atomic mass is 16.1. The van der Waals surface area contributed by atoms with Gasteiger partial charge in [-0.05, 0) is 38.3 Å². The van der Waals surface area contributed by atoms with E-state index in [0.717, 1.165) is 28.1 Å². The van der Waals surface area contributed by atoms with E-state index in [4.69, 9.17) is 0 Å². The second-order valence-electron chi connectivity index (χ2n) is 4.51. The number of pyridine rings is 1. The number of hydrogen-bond donors (Lipinski definition) is 1. The fourth-order valence-electron chi connectivity index (χ4n) is 2.10. The van der Waals surface area contributed by atoms with E-state index in [1.165, 1.54) is 0 Å². The van der Waals surface area contributed by atoms with Gasteiger partial charge in [0, 0.05) is 17.5 Å². The number of nitrogens with zero attached hydrogens (tertiary/aromatic N) is 2. The molecular formula is C14H17N3O. The van der Waals surface area contributed by atoms with Crippen LogP contribution in [0.2, 0.25) is 0 Å². The predicted molar refractivity (Wildman–Crippen MR) is 71.7 cm³/mol. The Morgan fingerprint density at radius 2 is 2.00 bits per heavy atom. The Morgan fingerprint density at radius 3 is 2.56 bits per heavy atom. The first kappa shape index (κ1) is 12.5. The molecule has 0 unspecified atom stereocenters. The Bertz CT molecular complexity index is 644. The lowest BCUT2D eigenvalue weighted by molar-refractivity contribution is 0.959. The number of H-pyrrole nitrogens is 1. The summed E-state index contributed by atoms with van der Waals surface area (Å²) in [4.78, 5) is 23.5. The molecule has 2 heterocycles. The molecule has 4 nitrogen and oxygen atoms in total. The fourth-order valence-corrected chi connectivity index (χ4v) is 2.10. The first-order valence-corrected chi connectivity index (χ1v) is 6.06. The molecule has 2 aromatic heterocycles. The number of aromatic nitrogens is 3. The van der Waals surface area contributed by atoms with Gasteiger partial charge in [-0.3, -0.25) is 9.78 Å². The van der Waals surface area contributed by atoms with Gasteiger partial charge in [0.1, 0.15) is 5.69 Å². The minimum Gasteiger partial charge on any atom is -0.305 e. The molecule has 2 rings (SSSR count).